The number of ether oxygens (including phenoxy) is 1. The number of halogens is 2. The first kappa shape index (κ1) is 32.9. The third kappa shape index (κ3) is 8.11. The molecule has 0 aliphatic heterocycles. The van der Waals surface area contributed by atoms with E-state index in [1.807, 2.05) is 30.3 Å². The fraction of sp³-hybridized carbons (Fsp3) is 0.212. The van der Waals surface area contributed by atoms with Gasteiger partial charge in [0.2, 0.25) is 11.8 Å². The highest BCUT2D eigenvalue weighted by Gasteiger charge is 2.34. The number of nitrogens with zero attached hydrogens (tertiary/aromatic N) is 2. The van der Waals surface area contributed by atoms with Crippen molar-refractivity contribution in [3.8, 4) is 5.75 Å². The number of amides is 2. The smallest absolute Gasteiger partial charge is 0.264 e. The summed E-state index contributed by atoms with van der Waals surface area (Å²) in [5, 5.41) is 3.56. The number of sulfonamides is 1. The quantitative estimate of drug-likeness (QED) is 0.192. The second kappa shape index (κ2) is 15.1. The Morgan fingerprint density at radius 2 is 1.52 bits per heavy atom. The highest BCUT2D eigenvalue weighted by Crippen LogP contribution is 2.28. The minimum absolute atomic E-state index is 0.0143. The van der Waals surface area contributed by atoms with Gasteiger partial charge in [-0.25, -0.2) is 8.42 Å². The Kier molecular flexibility index (Phi) is 11.3. The van der Waals surface area contributed by atoms with Gasteiger partial charge in [-0.2, -0.15) is 0 Å². The molecule has 0 aromatic heterocycles. The normalized spacial score (nSPS) is 11.8. The molecule has 0 saturated heterocycles. The number of carbonyl (C=O) groups excluding carboxylic acids is 2. The number of likely N-dealkylation sites (N-methyl/N-ethyl adjacent to an activating group) is 1. The molecule has 44 heavy (non-hydrogen) atoms. The van der Waals surface area contributed by atoms with Gasteiger partial charge in [0.25, 0.3) is 10.0 Å². The molecule has 0 spiro atoms. The van der Waals surface area contributed by atoms with Gasteiger partial charge in [0.1, 0.15) is 18.3 Å². The Labute approximate surface area is 268 Å². The van der Waals surface area contributed by atoms with Crippen molar-refractivity contribution in [2.45, 2.75) is 30.8 Å². The van der Waals surface area contributed by atoms with Crippen molar-refractivity contribution in [1.29, 1.82) is 0 Å². The van der Waals surface area contributed by atoms with Gasteiger partial charge in [-0.1, -0.05) is 77.8 Å². The van der Waals surface area contributed by atoms with Crippen molar-refractivity contribution in [3.05, 3.63) is 124 Å². The van der Waals surface area contributed by atoms with Crippen LogP contribution >= 0.6 is 23.2 Å². The number of hydrogen-bond acceptors (Lipinski definition) is 5. The zero-order valence-electron chi connectivity index (χ0n) is 24.3. The van der Waals surface area contributed by atoms with Gasteiger partial charge in [0.05, 0.1) is 17.7 Å². The predicted molar refractivity (Wildman–Crippen MR) is 174 cm³/mol. The van der Waals surface area contributed by atoms with Gasteiger partial charge in [-0.3, -0.25) is 13.9 Å². The summed E-state index contributed by atoms with van der Waals surface area (Å²) in [4.78, 5) is 29.4. The molecule has 11 heteroatoms. The molecule has 4 aromatic carbocycles. The first-order chi connectivity index (χ1) is 21.1. The zero-order chi connectivity index (χ0) is 31.7. The lowest BCUT2D eigenvalue weighted by Gasteiger charge is -2.34. The number of anilines is 1. The average Bonchev–Trinajstić information content (AvgIpc) is 3.03. The fourth-order valence-electron chi connectivity index (χ4n) is 4.68. The van der Waals surface area contributed by atoms with Crippen molar-refractivity contribution in [2.75, 3.05) is 24.5 Å². The zero-order valence-corrected chi connectivity index (χ0v) is 26.6. The molecular weight excluding hydrogens is 621 g/mol. The Bertz CT molecular complexity index is 1670. The fourth-order valence-corrected chi connectivity index (χ4v) is 6.58. The van der Waals surface area contributed by atoms with Crippen LogP contribution in [0.15, 0.2) is 108 Å². The molecule has 0 bridgehead atoms. The van der Waals surface area contributed by atoms with Crippen LogP contribution in [0.5, 0.6) is 5.75 Å². The van der Waals surface area contributed by atoms with Gasteiger partial charge in [0, 0.05) is 29.6 Å². The molecule has 4 aromatic rings. The van der Waals surface area contributed by atoms with E-state index in [1.54, 1.807) is 67.6 Å². The summed E-state index contributed by atoms with van der Waals surface area (Å²) < 4.78 is 34.3. The maximum atomic E-state index is 14.4. The van der Waals surface area contributed by atoms with Gasteiger partial charge < -0.3 is 15.0 Å². The number of methoxy groups -OCH3 is 1. The van der Waals surface area contributed by atoms with Crippen LogP contribution in [0.4, 0.5) is 5.69 Å². The highest BCUT2D eigenvalue weighted by molar-refractivity contribution is 7.92. The molecule has 0 unspecified atom stereocenters. The Morgan fingerprint density at radius 1 is 0.886 bits per heavy atom. The van der Waals surface area contributed by atoms with Gasteiger partial charge in [-0.05, 0) is 66.6 Å². The Balaban J connectivity index is 1.81. The lowest BCUT2D eigenvalue weighted by molar-refractivity contribution is -0.140. The van der Waals surface area contributed by atoms with Crippen molar-refractivity contribution in [3.63, 3.8) is 0 Å². The summed E-state index contributed by atoms with van der Waals surface area (Å²) >= 11 is 12.7. The van der Waals surface area contributed by atoms with E-state index in [2.05, 4.69) is 5.32 Å². The lowest BCUT2D eigenvalue weighted by atomic mass is 10.0. The minimum Gasteiger partial charge on any atom is -0.497 e. The van der Waals surface area contributed by atoms with Crippen LogP contribution in [0.2, 0.25) is 10.0 Å². The van der Waals surface area contributed by atoms with Crippen LogP contribution in [0, 0.1) is 0 Å². The largest absolute Gasteiger partial charge is 0.497 e. The van der Waals surface area contributed by atoms with Crippen LogP contribution < -0.4 is 14.4 Å². The maximum absolute atomic E-state index is 14.4. The molecule has 0 saturated carbocycles. The van der Waals surface area contributed by atoms with E-state index < -0.39 is 28.5 Å². The minimum atomic E-state index is -4.20. The SMILES string of the molecule is CCNC(=O)[C@H](Cc1ccccc1)N(Cc1ccc(Cl)cc1Cl)C(=O)CN(c1ccc(OC)cc1)S(=O)(=O)c1ccccc1. The van der Waals surface area contributed by atoms with Crippen LogP contribution in [0.1, 0.15) is 18.1 Å². The summed E-state index contributed by atoms with van der Waals surface area (Å²) in [6.45, 7) is 1.48. The Morgan fingerprint density at radius 3 is 2.11 bits per heavy atom. The second-order valence-electron chi connectivity index (χ2n) is 9.88. The van der Waals surface area contributed by atoms with E-state index in [-0.39, 0.29) is 29.5 Å². The summed E-state index contributed by atoms with van der Waals surface area (Å²) in [5.74, 6) is -0.453. The molecule has 0 fully saturated rings. The number of carbonyl (C=O) groups is 2. The topological polar surface area (TPSA) is 96.0 Å². The van der Waals surface area contributed by atoms with Crippen molar-refractivity contribution in [2.24, 2.45) is 0 Å². The average molecular weight is 655 g/mol. The first-order valence-corrected chi connectivity index (χ1v) is 16.1. The summed E-state index contributed by atoms with van der Waals surface area (Å²) in [5.41, 5.74) is 1.63. The van der Waals surface area contributed by atoms with E-state index in [0.717, 1.165) is 9.87 Å². The van der Waals surface area contributed by atoms with E-state index >= 15 is 0 Å². The predicted octanol–water partition coefficient (Wildman–Crippen LogP) is 5.97. The number of benzene rings is 4. The second-order valence-corrected chi connectivity index (χ2v) is 12.6. The number of hydrogen-bond donors (Lipinski definition) is 1. The third-order valence-corrected chi connectivity index (χ3v) is 9.32. The summed E-state index contributed by atoms with van der Waals surface area (Å²) in [7, 11) is -2.70. The van der Waals surface area contributed by atoms with E-state index in [0.29, 0.717) is 27.9 Å². The number of nitrogens with one attached hydrogen (secondary N) is 1. The Hall–Kier alpha value is -4.05. The summed E-state index contributed by atoms with van der Waals surface area (Å²) in [6, 6.07) is 27.4. The van der Waals surface area contributed by atoms with E-state index in [4.69, 9.17) is 27.9 Å². The molecule has 1 atom stereocenters. The van der Waals surface area contributed by atoms with Gasteiger partial charge in [-0.15, -0.1) is 0 Å². The summed E-state index contributed by atoms with van der Waals surface area (Å²) in [6.07, 6.45) is 0.192. The molecule has 8 nitrogen and oxygen atoms in total. The molecular formula is C33H33Cl2N3O5S. The molecule has 0 radical (unpaired) electrons. The monoisotopic (exact) mass is 653 g/mol. The van der Waals surface area contributed by atoms with Crippen LogP contribution in [0.25, 0.3) is 0 Å². The molecule has 1 N–H and O–H groups in total. The molecule has 4 rings (SSSR count). The van der Waals surface area contributed by atoms with Crippen LogP contribution in [0.3, 0.4) is 0 Å². The third-order valence-electron chi connectivity index (χ3n) is 6.95. The first-order valence-electron chi connectivity index (χ1n) is 13.9. The molecule has 0 aliphatic rings. The van der Waals surface area contributed by atoms with Gasteiger partial charge >= 0.3 is 0 Å². The molecule has 230 valence electrons. The maximum Gasteiger partial charge on any atom is 0.264 e. The van der Waals surface area contributed by atoms with Crippen molar-refractivity contribution >= 4 is 50.7 Å². The number of rotatable bonds is 13. The molecule has 0 aliphatic carbocycles. The van der Waals surface area contributed by atoms with Crippen LogP contribution in [-0.4, -0.2) is 51.4 Å². The molecule has 2 amide bonds. The van der Waals surface area contributed by atoms with Crippen LogP contribution in [-0.2, 0) is 32.6 Å². The van der Waals surface area contributed by atoms with E-state index in [1.165, 1.54) is 24.1 Å². The van der Waals surface area contributed by atoms with Crippen molar-refractivity contribution < 1.29 is 22.7 Å². The lowest BCUT2D eigenvalue weighted by Crippen LogP contribution is -2.53. The standard InChI is InChI=1S/C33H33Cl2N3O5S/c1-3-36-33(40)31(20-24-10-6-4-7-11-24)37(22-25-14-15-26(34)21-30(25)35)32(39)23-38(27-16-18-28(43-2)19-17-27)44(41,42)29-12-8-5-9-13-29/h4-19,21,31H,3,20,22-23H2,1-2H3,(H,36,40)/t31-/m0/s1. The molecule has 0 heterocycles. The van der Waals surface area contributed by atoms with E-state index in [9.17, 15) is 18.0 Å². The van der Waals surface area contributed by atoms with Crippen molar-refractivity contribution in [1.82, 2.24) is 10.2 Å². The highest BCUT2D eigenvalue weighted by atomic mass is 35.5. The van der Waals surface area contributed by atoms with Gasteiger partial charge in [0.15, 0.2) is 0 Å².